The fraction of sp³-hybridized carbons (Fsp3) is 0.188. The van der Waals surface area contributed by atoms with Crippen LogP contribution < -0.4 is 5.32 Å². The van der Waals surface area contributed by atoms with E-state index in [0.717, 1.165) is 16.9 Å². The van der Waals surface area contributed by atoms with E-state index >= 15 is 0 Å². The Balaban J connectivity index is 1.82. The molecular weight excluding hydrogens is 332 g/mol. The molecule has 0 atom stereocenters. The summed E-state index contributed by atoms with van der Waals surface area (Å²) in [6, 6.07) is 14.5. The number of alkyl halides is 2. The van der Waals surface area contributed by atoms with Gasteiger partial charge in [-0.25, -0.2) is 0 Å². The van der Waals surface area contributed by atoms with Gasteiger partial charge in [-0.05, 0) is 48.5 Å². The average Bonchev–Trinajstić information content (AvgIpc) is 3.06. The second-order valence-corrected chi connectivity index (χ2v) is 5.94. The number of aryl methyl sites for hydroxylation is 1. The van der Waals surface area contributed by atoms with Crippen LogP contribution in [0, 0.1) is 0 Å². The Morgan fingerprint density at radius 3 is 2.54 bits per heavy atom. The number of aromatic nitrogens is 4. The second kappa shape index (κ2) is 7.39. The molecule has 0 saturated carbocycles. The SMILES string of the molecule is CCn1nnc(-c2ccccc2Nc2ccc(SC(F)F)cc2)n1. The topological polar surface area (TPSA) is 55.6 Å². The van der Waals surface area contributed by atoms with Crippen molar-refractivity contribution in [3.8, 4) is 11.4 Å². The largest absolute Gasteiger partial charge is 0.355 e. The summed E-state index contributed by atoms with van der Waals surface area (Å²) in [4.78, 5) is 2.04. The standard InChI is InChI=1S/C16H15F2N5S/c1-2-23-21-15(20-22-23)13-5-3-4-6-14(13)19-11-7-9-12(10-8-11)24-16(17)18/h3-10,16,19H,2H2,1H3. The lowest BCUT2D eigenvalue weighted by Crippen LogP contribution is -1.98. The van der Waals surface area contributed by atoms with Crippen LogP contribution in [0.2, 0.25) is 0 Å². The van der Waals surface area contributed by atoms with Crippen molar-refractivity contribution in [2.24, 2.45) is 0 Å². The van der Waals surface area contributed by atoms with Crippen LogP contribution in [-0.2, 0) is 6.54 Å². The van der Waals surface area contributed by atoms with Crippen LogP contribution in [0.1, 0.15) is 6.92 Å². The van der Waals surface area contributed by atoms with Crippen LogP contribution >= 0.6 is 11.8 Å². The van der Waals surface area contributed by atoms with Gasteiger partial charge in [-0.2, -0.15) is 13.6 Å². The Morgan fingerprint density at radius 2 is 1.88 bits per heavy atom. The fourth-order valence-corrected chi connectivity index (χ4v) is 2.65. The van der Waals surface area contributed by atoms with Crippen molar-refractivity contribution in [2.75, 3.05) is 5.32 Å². The van der Waals surface area contributed by atoms with Crippen molar-refractivity contribution in [1.29, 1.82) is 0 Å². The Labute approximate surface area is 142 Å². The lowest BCUT2D eigenvalue weighted by atomic mass is 10.1. The molecule has 0 fully saturated rings. The van der Waals surface area contributed by atoms with Gasteiger partial charge in [-0.1, -0.05) is 23.9 Å². The number of hydrogen-bond donors (Lipinski definition) is 1. The molecule has 8 heteroatoms. The van der Waals surface area contributed by atoms with Gasteiger partial charge in [-0.3, -0.25) is 0 Å². The van der Waals surface area contributed by atoms with E-state index in [0.29, 0.717) is 29.0 Å². The van der Waals surface area contributed by atoms with Gasteiger partial charge in [0, 0.05) is 21.8 Å². The molecular formula is C16H15F2N5S. The van der Waals surface area contributed by atoms with E-state index in [4.69, 9.17) is 0 Å². The van der Waals surface area contributed by atoms with E-state index in [2.05, 4.69) is 20.7 Å². The summed E-state index contributed by atoms with van der Waals surface area (Å²) in [7, 11) is 0. The summed E-state index contributed by atoms with van der Waals surface area (Å²) in [6.07, 6.45) is 0. The molecule has 0 aliphatic heterocycles. The third kappa shape index (κ3) is 3.88. The van der Waals surface area contributed by atoms with Crippen LogP contribution in [-0.4, -0.2) is 26.0 Å². The molecule has 3 rings (SSSR count). The highest BCUT2D eigenvalue weighted by molar-refractivity contribution is 7.99. The molecule has 0 amide bonds. The van der Waals surface area contributed by atoms with Gasteiger partial charge >= 0.3 is 0 Å². The number of nitrogens with one attached hydrogen (secondary N) is 1. The number of para-hydroxylation sites is 1. The van der Waals surface area contributed by atoms with E-state index in [1.165, 1.54) is 4.80 Å². The number of benzene rings is 2. The Bertz CT molecular complexity index is 804. The quantitative estimate of drug-likeness (QED) is 0.669. The average molecular weight is 347 g/mol. The van der Waals surface area contributed by atoms with E-state index in [-0.39, 0.29) is 0 Å². The van der Waals surface area contributed by atoms with E-state index in [9.17, 15) is 8.78 Å². The van der Waals surface area contributed by atoms with Crippen molar-refractivity contribution in [3.05, 3.63) is 48.5 Å². The minimum atomic E-state index is -2.42. The van der Waals surface area contributed by atoms with Crippen LogP contribution in [0.25, 0.3) is 11.4 Å². The van der Waals surface area contributed by atoms with Crippen LogP contribution in [0.5, 0.6) is 0 Å². The molecule has 0 spiro atoms. The predicted octanol–water partition coefficient (Wildman–Crippen LogP) is 4.42. The van der Waals surface area contributed by atoms with Gasteiger partial charge in [-0.15, -0.1) is 10.2 Å². The molecule has 0 aliphatic rings. The monoisotopic (exact) mass is 347 g/mol. The van der Waals surface area contributed by atoms with Crippen molar-refractivity contribution in [2.45, 2.75) is 24.1 Å². The minimum absolute atomic E-state index is 0.524. The first-order valence-corrected chi connectivity index (χ1v) is 8.23. The zero-order chi connectivity index (χ0) is 16.9. The molecule has 5 nitrogen and oxygen atoms in total. The predicted molar refractivity (Wildman–Crippen MR) is 90.5 cm³/mol. The number of tetrazole rings is 1. The van der Waals surface area contributed by atoms with Gasteiger partial charge in [0.2, 0.25) is 5.82 Å². The van der Waals surface area contributed by atoms with Crippen molar-refractivity contribution in [1.82, 2.24) is 20.2 Å². The first kappa shape index (κ1) is 16.4. The van der Waals surface area contributed by atoms with Crippen molar-refractivity contribution in [3.63, 3.8) is 0 Å². The zero-order valence-electron chi connectivity index (χ0n) is 12.9. The highest BCUT2D eigenvalue weighted by Gasteiger charge is 2.11. The Kier molecular flexibility index (Phi) is 5.05. The number of anilines is 2. The molecule has 0 saturated heterocycles. The summed E-state index contributed by atoms with van der Waals surface area (Å²) >= 11 is 0.527. The summed E-state index contributed by atoms with van der Waals surface area (Å²) in [5.74, 6) is -1.89. The molecule has 0 aliphatic carbocycles. The Morgan fingerprint density at radius 1 is 1.12 bits per heavy atom. The number of hydrogen-bond acceptors (Lipinski definition) is 5. The third-order valence-corrected chi connectivity index (χ3v) is 3.98. The first-order valence-electron chi connectivity index (χ1n) is 7.35. The maximum absolute atomic E-state index is 12.4. The van der Waals surface area contributed by atoms with Gasteiger partial charge in [0.15, 0.2) is 0 Å². The molecule has 3 aromatic rings. The molecule has 0 radical (unpaired) electrons. The van der Waals surface area contributed by atoms with Crippen molar-refractivity contribution >= 4 is 23.1 Å². The lowest BCUT2D eigenvalue weighted by molar-refractivity contribution is 0.252. The van der Waals surface area contributed by atoms with E-state index < -0.39 is 5.76 Å². The number of thioether (sulfide) groups is 1. The van der Waals surface area contributed by atoms with Crippen LogP contribution in [0.4, 0.5) is 20.2 Å². The fourth-order valence-electron chi connectivity index (χ4n) is 2.15. The summed E-state index contributed by atoms with van der Waals surface area (Å²) in [5.41, 5.74) is 2.44. The molecule has 2 aromatic carbocycles. The third-order valence-electron chi connectivity index (χ3n) is 3.26. The maximum Gasteiger partial charge on any atom is 0.288 e. The molecule has 124 valence electrons. The molecule has 0 bridgehead atoms. The summed E-state index contributed by atoms with van der Waals surface area (Å²) in [6.45, 7) is 2.58. The molecule has 1 heterocycles. The lowest BCUT2D eigenvalue weighted by Gasteiger charge is -2.10. The van der Waals surface area contributed by atoms with Gasteiger partial charge in [0.05, 0.1) is 6.54 Å². The number of nitrogens with zero attached hydrogens (tertiary/aromatic N) is 4. The second-order valence-electron chi connectivity index (χ2n) is 4.88. The molecule has 24 heavy (non-hydrogen) atoms. The van der Waals surface area contributed by atoms with E-state index in [1.807, 2.05) is 31.2 Å². The van der Waals surface area contributed by atoms with E-state index in [1.54, 1.807) is 24.3 Å². The minimum Gasteiger partial charge on any atom is -0.355 e. The summed E-state index contributed by atoms with van der Waals surface area (Å²) in [5, 5.41) is 15.6. The molecule has 0 unspecified atom stereocenters. The number of halogens is 2. The van der Waals surface area contributed by atoms with Crippen molar-refractivity contribution < 1.29 is 8.78 Å². The smallest absolute Gasteiger partial charge is 0.288 e. The van der Waals surface area contributed by atoms with Crippen LogP contribution in [0.3, 0.4) is 0 Å². The normalized spacial score (nSPS) is 11.0. The maximum atomic E-state index is 12.4. The molecule has 1 N–H and O–H groups in total. The highest BCUT2D eigenvalue weighted by atomic mass is 32.2. The first-order chi connectivity index (χ1) is 11.7. The zero-order valence-corrected chi connectivity index (χ0v) is 13.7. The highest BCUT2D eigenvalue weighted by Crippen LogP contribution is 2.30. The van der Waals surface area contributed by atoms with Gasteiger partial charge in [0.1, 0.15) is 0 Å². The Hall–Kier alpha value is -2.48. The van der Waals surface area contributed by atoms with Gasteiger partial charge in [0.25, 0.3) is 5.76 Å². The number of rotatable bonds is 6. The van der Waals surface area contributed by atoms with Crippen LogP contribution in [0.15, 0.2) is 53.4 Å². The molecule has 1 aromatic heterocycles. The summed E-state index contributed by atoms with van der Waals surface area (Å²) < 4.78 is 24.7. The van der Waals surface area contributed by atoms with Gasteiger partial charge < -0.3 is 5.32 Å².